The lowest BCUT2D eigenvalue weighted by molar-refractivity contribution is 0.0106. The molecule has 5 nitrogen and oxygen atoms in total. The van der Waals surface area contributed by atoms with Crippen molar-refractivity contribution >= 4 is 34.0 Å². The number of hydrogen-bond donors (Lipinski definition) is 1. The average molecular weight is 409 g/mol. The van der Waals surface area contributed by atoms with Gasteiger partial charge in [0.1, 0.15) is 5.82 Å². The largest absolute Gasteiger partial charge is 0.379 e. The van der Waals surface area contributed by atoms with E-state index in [4.69, 9.17) is 21.3 Å². The third-order valence-electron chi connectivity index (χ3n) is 5.85. The van der Waals surface area contributed by atoms with Crippen molar-refractivity contribution in [2.45, 2.75) is 12.6 Å². The van der Waals surface area contributed by atoms with Crippen LogP contribution in [0.25, 0.3) is 10.9 Å². The first-order valence-electron chi connectivity index (χ1n) is 10.2. The second-order valence-corrected chi connectivity index (χ2v) is 8.17. The highest BCUT2D eigenvalue weighted by molar-refractivity contribution is 6.30. The molecule has 3 aromatic rings. The van der Waals surface area contributed by atoms with Gasteiger partial charge in [0.2, 0.25) is 0 Å². The molecule has 0 saturated carbocycles. The summed E-state index contributed by atoms with van der Waals surface area (Å²) in [6, 6.07) is 19.1. The fraction of sp³-hybridized carbons (Fsp3) is 0.348. The normalized spacial score (nSPS) is 18.0. The summed E-state index contributed by atoms with van der Waals surface area (Å²) in [5.41, 5.74) is 3.47. The molecule has 2 aliphatic rings. The number of morpholine rings is 1. The summed E-state index contributed by atoms with van der Waals surface area (Å²) in [5, 5.41) is 5.45. The predicted octanol–water partition coefficient (Wildman–Crippen LogP) is 4.02. The van der Waals surface area contributed by atoms with Gasteiger partial charge in [-0.25, -0.2) is 4.98 Å². The zero-order valence-corrected chi connectivity index (χ0v) is 17.1. The van der Waals surface area contributed by atoms with Crippen LogP contribution in [0.4, 0.5) is 11.5 Å². The summed E-state index contributed by atoms with van der Waals surface area (Å²) >= 11 is 5.99. The Labute approximate surface area is 176 Å². The molecule has 0 amide bonds. The van der Waals surface area contributed by atoms with Gasteiger partial charge in [-0.15, -0.1) is 0 Å². The lowest BCUT2D eigenvalue weighted by Crippen LogP contribution is -2.61. The number of ether oxygens (including phenoxy) is 1. The van der Waals surface area contributed by atoms with Crippen molar-refractivity contribution in [2.75, 3.05) is 49.6 Å². The van der Waals surface area contributed by atoms with Crippen molar-refractivity contribution < 1.29 is 4.74 Å². The Balaban J connectivity index is 1.34. The zero-order valence-electron chi connectivity index (χ0n) is 16.4. The highest BCUT2D eigenvalue weighted by atomic mass is 35.5. The molecule has 0 radical (unpaired) electrons. The maximum Gasteiger partial charge on any atom is 0.129 e. The molecular formula is C23H25ClN4O. The van der Waals surface area contributed by atoms with E-state index in [1.807, 2.05) is 24.3 Å². The van der Waals surface area contributed by atoms with Gasteiger partial charge in [0.05, 0.1) is 18.7 Å². The SMILES string of the molecule is Clc1ccc(CNc2cc(N3CC(N4CCOCC4)C3)c3ccccc3n2)cc1. The van der Waals surface area contributed by atoms with Crippen molar-refractivity contribution in [3.63, 3.8) is 0 Å². The van der Waals surface area contributed by atoms with Crippen molar-refractivity contribution in [3.8, 4) is 0 Å². The van der Waals surface area contributed by atoms with E-state index in [-0.39, 0.29) is 0 Å². The van der Waals surface area contributed by atoms with Crippen LogP contribution in [-0.2, 0) is 11.3 Å². The van der Waals surface area contributed by atoms with Crippen LogP contribution >= 0.6 is 11.6 Å². The van der Waals surface area contributed by atoms with Crippen LogP contribution in [0.5, 0.6) is 0 Å². The third-order valence-corrected chi connectivity index (χ3v) is 6.10. The van der Waals surface area contributed by atoms with Gasteiger partial charge in [0.25, 0.3) is 0 Å². The first-order valence-corrected chi connectivity index (χ1v) is 10.6. The molecule has 6 heteroatoms. The van der Waals surface area contributed by atoms with E-state index in [0.29, 0.717) is 6.04 Å². The van der Waals surface area contributed by atoms with Crippen LogP contribution in [0.15, 0.2) is 54.6 Å². The van der Waals surface area contributed by atoms with Gasteiger partial charge in [0.15, 0.2) is 0 Å². The number of fused-ring (bicyclic) bond motifs is 1. The van der Waals surface area contributed by atoms with E-state index in [1.165, 1.54) is 16.6 Å². The fourth-order valence-corrected chi connectivity index (χ4v) is 4.26. The molecule has 1 N–H and O–H groups in total. The van der Waals surface area contributed by atoms with Crippen molar-refractivity contribution in [1.82, 2.24) is 9.88 Å². The van der Waals surface area contributed by atoms with Crippen LogP contribution in [0.2, 0.25) is 5.02 Å². The smallest absolute Gasteiger partial charge is 0.129 e. The van der Waals surface area contributed by atoms with E-state index in [0.717, 1.165) is 62.3 Å². The lowest BCUT2D eigenvalue weighted by atomic mass is 10.0. The standard InChI is InChI=1S/C23H25ClN4O/c24-18-7-5-17(6-8-18)14-25-23-13-22(20-3-1-2-4-21(20)26-23)28-15-19(16-28)27-9-11-29-12-10-27/h1-8,13,19H,9-12,14-16H2,(H,25,26). The summed E-state index contributed by atoms with van der Waals surface area (Å²) in [6.07, 6.45) is 0. The molecule has 2 aromatic carbocycles. The summed E-state index contributed by atoms with van der Waals surface area (Å²) < 4.78 is 5.49. The van der Waals surface area contributed by atoms with Crippen LogP contribution < -0.4 is 10.2 Å². The highest BCUT2D eigenvalue weighted by Crippen LogP contribution is 2.33. The maximum absolute atomic E-state index is 5.99. The number of halogens is 1. The number of nitrogens with one attached hydrogen (secondary N) is 1. The number of para-hydroxylation sites is 1. The lowest BCUT2D eigenvalue weighted by Gasteiger charge is -2.48. The van der Waals surface area contributed by atoms with Crippen LogP contribution in [0, 0.1) is 0 Å². The minimum absolute atomic E-state index is 0.622. The Morgan fingerprint density at radius 1 is 1.03 bits per heavy atom. The van der Waals surface area contributed by atoms with Gasteiger partial charge in [-0.2, -0.15) is 0 Å². The molecule has 5 rings (SSSR count). The minimum atomic E-state index is 0.622. The Hall–Kier alpha value is -2.34. The predicted molar refractivity (Wildman–Crippen MR) is 119 cm³/mol. The first-order chi connectivity index (χ1) is 14.3. The number of aromatic nitrogens is 1. The Morgan fingerprint density at radius 3 is 2.59 bits per heavy atom. The molecule has 3 heterocycles. The van der Waals surface area contributed by atoms with E-state index in [1.54, 1.807) is 0 Å². The van der Waals surface area contributed by atoms with E-state index < -0.39 is 0 Å². The third kappa shape index (κ3) is 4.04. The first kappa shape index (κ1) is 18.7. The average Bonchev–Trinajstić information content (AvgIpc) is 2.73. The van der Waals surface area contributed by atoms with Crippen molar-refractivity contribution in [2.24, 2.45) is 0 Å². The number of anilines is 2. The summed E-state index contributed by atoms with van der Waals surface area (Å²) in [5.74, 6) is 0.906. The number of pyridine rings is 1. The van der Waals surface area contributed by atoms with Gasteiger partial charge in [-0.3, -0.25) is 4.90 Å². The quantitative estimate of drug-likeness (QED) is 0.690. The van der Waals surface area contributed by atoms with Crippen LogP contribution in [0.3, 0.4) is 0 Å². The molecule has 0 spiro atoms. The molecule has 0 unspecified atom stereocenters. The second-order valence-electron chi connectivity index (χ2n) is 7.73. The molecule has 150 valence electrons. The molecule has 2 saturated heterocycles. The Morgan fingerprint density at radius 2 is 1.79 bits per heavy atom. The summed E-state index contributed by atoms with van der Waals surface area (Å²) in [4.78, 5) is 9.86. The molecule has 0 aliphatic carbocycles. The summed E-state index contributed by atoms with van der Waals surface area (Å²) in [7, 11) is 0. The van der Waals surface area contributed by atoms with E-state index in [2.05, 4.69) is 45.4 Å². The maximum atomic E-state index is 5.99. The number of hydrogen-bond acceptors (Lipinski definition) is 5. The molecule has 2 aliphatic heterocycles. The Bertz CT molecular complexity index is 982. The number of rotatable bonds is 5. The second kappa shape index (κ2) is 8.19. The molecule has 29 heavy (non-hydrogen) atoms. The molecule has 2 fully saturated rings. The molecule has 0 atom stereocenters. The van der Waals surface area contributed by atoms with Gasteiger partial charge >= 0.3 is 0 Å². The molecular weight excluding hydrogens is 384 g/mol. The van der Waals surface area contributed by atoms with Crippen molar-refractivity contribution in [3.05, 3.63) is 65.2 Å². The number of nitrogens with zero attached hydrogens (tertiary/aromatic N) is 3. The van der Waals surface area contributed by atoms with Gasteiger partial charge in [0, 0.05) is 60.9 Å². The molecule has 1 aromatic heterocycles. The van der Waals surface area contributed by atoms with Crippen LogP contribution in [-0.4, -0.2) is 55.3 Å². The highest BCUT2D eigenvalue weighted by Gasteiger charge is 2.33. The molecule has 0 bridgehead atoms. The summed E-state index contributed by atoms with van der Waals surface area (Å²) in [6.45, 7) is 6.64. The van der Waals surface area contributed by atoms with Gasteiger partial charge in [-0.1, -0.05) is 41.9 Å². The van der Waals surface area contributed by atoms with E-state index >= 15 is 0 Å². The monoisotopic (exact) mass is 408 g/mol. The van der Waals surface area contributed by atoms with E-state index in [9.17, 15) is 0 Å². The topological polar surface area (TPSA) is 40.6 Å². The minimum Gasteiger partial charge on any atom is -0.379 e. The van der Waals surface area contributed by atoms with Gasteiger partial charge in [-0.05, 0) is 23.8 Å². The van der Waals surface area contributed by atoms with Crippen LogP contribution in [0.1, 0.15) is 5.56 Å². The zero-order chi connectivity index (χ0) is 19.6. The van der Waals surface area contributed by atoms with Gasteiger partial charge < -0.3 is 15.0 Å². The fourth-order valence-electron chi connectivity index (χ4n) is 4.13. The number of benzene rings is 2. The van der Waals surface area contributed by atoms with Crippen molar-refractivity contribution in [1.29, 1.82) is 0 Å². The Kier molecular flexibility index (Phi) is 5.27.